The van der Waals surface area contributed by atoms with E-state index in [2.05, 4.69) is 33.9 Å². The number of nitrogens with one attached hydrogen (secondary N) is 1. The first-order valence-corrected chi connectivity index (χ1v) is 15.9. The fourth-order valence-corrected chi connectivity index (χ4v) is 5.23. The van der Waals surface area contributed by atoms with Crippen LogP contribution in [-0.2, 0) is 16.6 Å². The molecule has 0 aliphatic carbocycles. The Kier molecular flexibility index (Phi) is 9.72. The first kappa shape index (κ1) is 31.2. The molecule has 0 bridgehead atoms. The summed E-state index contributed by atoms with van der Waals surface area (Å²) in [6.45, 7) is 9.54. The highest BCUT2D eigenvalue weighted by Crippen LogP contribution is 2.29. The monoisotopic (exact) mass is 602 g/mol. The van der Waals surface area contributed by atoms with Crippen molar-refractivity contribution in [2.24, 2.45) is 0 Å². The SMILES string of the molecule is CCCCOc1c(C(=O)NCc2ccc(F)cc2)nc2c(N(C)S(C)(=O)=O)cc(N3CCN(C(C)C)CC3)cn2c1=O. The molecule has 42 heavy (non-hydrogen) atoms. The fourth-order valence-electron chi connectivity index (χ4n) is 4.74. The summed E-state index contributed by atoms with van der Waals surface area (Å²) in [5, 5.41) is 2.72. The number of hydrogen-bond acceptors (Lipinski definition) is 8. The minimum absolute atomic E-state index is 0.00673. The molecule has 1 saturated heterocycles. The van der Waals surface area contributed by atoms with Crippen LogP contribution in [0.2, 0.25) is 0 Å². The number of pyridine rings is 1. The van der Waals surface area contributed by atoms with Crippen LogP contribution in [0.5, 0.6) is 5.75 Å². The number of piperazine rings is 1. The van der Waals surface area contributed by atoms with Gasteiger partial charge in [0.1, 0.15) is 5.82 Å². The minimum Gasteiger partial charge on any atom is -0.486 e. The number of carbonyl (C=O) groups is 1. The molecule has 3 aromatic rings. The Morgan fingerprint density at radius 1 is 1.17 bits per heavy atom. The zero-order valence-corrected chi connectivity index (χ0v) is 25.6. The van der Waals surface area contributed by atoms with Crippen molar-refractivity contribution in [1.29, 1.82) is 0 Å². The van der Waals surface area contributed by atoms with Gasteiger partial charge >= 0.3 is 5.56 Å². The van der Waals surface area contributed by atoms with Crippen LogP contribution >= 0.6 is 0 Å². The van der Waals surface area contributed by atoms with Crippen LogP contribution in [0.25, 0.3) is 5.65 Å². The van der Waals surface area contributed by atoms with Gasteiger partial charge in [-0.25, -0.2) is 17.8 Å². The van der Waals surface area contributed by atoms with Crippen molar-refractivity contribution < 1.29 is 22.3 Å². The fraction of sp³-hybridized carbons (Fsp3) is 0.483. The largest absolute Gasteiger partial charge is 0.486 e. The van der Waals surface area contributed by atoms with Gasteiger partial charge in [0.05, 0.1) is 24.2 Å². The molecule has 1 N–H and O–H groups in total. The lowest BCUT2D eigenvalue weighted by atomic mass is 10.2. The molecule has 11 nitrogen and oxygen atoms in total. The van der Waals surface area contributed by atoms with Gasteiger partial charge in [0.2, 0.25) is 15.8 Å². The van der Waals surface area contributed by atoms with Crippen LogP contribution in [0.4, 0.5) is 15.8 Å². The number of amides is 1. The number of hydrogen-bond donors (Lipinski definition) is 1. The lowest BCUT2D eigenvalue weighted by Gasteiger charge is -2.38. The van der Waals surface area contributed by atoms with E-state index in [9.17, 15) is 22.4 Å². The zero-order chi connectivity index (χ0) is 30.6. The summed E-state index contributed by atoms with van der Waals surface area (Å²) in [7, 11) is -2.36. The number of ether oxygens (including phenoxy) is 1. The number of nitrogens with zero attached hydrogens (tertiary/aromatic N) is 5. The first-order valence-electron chi connectivity index (χ1n) is 14.1. The molecule has 228 valence electrons. The molecule has 2 aromatic heterocycles. The lowest BCUT2D eigenvalue weighted by Crippen LogP contribution is -2.49. The average molecular weight is 603 g/mol. The minimum atomic E-state index is -3.75. The van der Waals surface area contributed by atoms with Crippen LogP contribution in [-0.4, -0.2) is 80.7 Å². The number of rotatable bonds is 11. The Bertz CT molecular complexity index is 1580. The highest BCUT2D eigenvalue weighted by molar-refractivity contribution is 7.92. The van der Waals surface area contributed by atoms with Gasteiger partial charge < -0.3 is 15.0 Å². The topological polar surface area (TPSA) is 117 Å². The van der Waals surface area contributed by atoms with E-state index < -0.39 is 27.3 Å². The van der Waals surface area contributed by atoms with Gasteiger partial charge in [0.25, 0.3) is 5.91 Å². The first-order chi connectivity index (χ1) is 19.9. The predicted molar refractivity (Wildman–Crippen MR) is 162 cm³/mol. The maximum atomic E-state index is 13.9. The molecule has 0 unspecified atom stereocenters. The van der Waals surface area contributed by atoms with Crippen molar-refractivity contribution in [1.82, 2.24) is 19.6 Å². The maximum Gasteiger partial charge on any atom is 0.301 e. The third-order valence-corrected chi connectivity index (χ3v) is 8.61. The number of benzene rings is 1. The van der Waals surface area contributed by atoms with E-state index in [1.165, 1.54) is 23.6 Å². The molecular weight excluding hydrogens is 563 g/mol. The van der Waals surface area contributed by atoms with Crippen molar-refractivity contribution in [3.8, 4) is 5.75 Å². The molecule has 1 amide bonds. The molecule has 0 spiro atoms. The van der Waals surface area contributed by atoms with E-state index in [-0.39, 0.29) is 35.9 Å². The summed E-state index contributed by atoms with van der Waals surface area (Å²) in [6.07, 6.45) is 4.15. The van der Waals surface area contributed by atoms with Crippen LogP contribution in [0.3, 0.4) is 0 Å². The third kappa shape index (κ3) is 7.01. The number of sulfonamides is 1. The van der Waals surface area contributed by atoms with Crippen LogP contribution in [0.15, 0.2) is 41.3 Å². The van der Waals surface area contributed by atoms with Crippen molar-refractivity contribution in [3.05, 3.63) is 64.0 Å². The Morgan fingerprint density at radius 3 is 2.43 bits per heavy atom. The Morgan fingerprint density at radius 2 is 1.83 bits per heavy atom. The summed E-state index contributed by atoms with van der Waals surface area (Å²) in [6, 6.07) is 7.74. The summed E-state index contributed by atoms with van der Waals surface area (Å²) in [5.74, 6) is -1.29. The van der Waals surface area contributed by atoms with Crippen LogP contribution < -0.4 is 24.8 Å². The summed E-state index contributed by atoms with van der Waals surface area (Å²) < 4.78 is 46.8. The Hall–Kier alpha value is -3.71. The van der Waals surface area contributed by atoms with Gasteiger partial charge in [0.15, 0.2) is 11.3 Å². The molecular formula is C29H39FN6O5S. The lowest BCUT2D eigenvalue weighted by molar-refractivity contribution is 0.0941. The molecule has 1 aliphatic heterocycles. The van der Waals surface area contributed by atoms with E-state index >= 15 is 0 Å². The molecule has 3 heterocycles. The quantitative estimate of drug-likeness (QED) is 0.333. The molecule has 1 aliphatic rings. The zero-order valence-electron chi connectivity index (χ0n) is 24.8. The maximum absolute atomic E-state index is 13.9. The summed E-state index contributed by atoms with van der Waals surface area (Å²) >= 11 is 0. The van der Waals surface area contributed by atoms with Gasteiger partial charge in [-0.05, 0) is 44.0 Å². The molecule has 13 heteroatoms. The van der Waals surface area contributed by atoms with E-state index in [4.69, 9.17) is 4.74 Å². The number of fused-ring (bicyclic) bond motifs is 1. The Labute approximate surface area is 245 Å². The highest BCUT2D eigenvalue weighted by atomic mass is 32.2. The molecule has 1 fully saturated rings. The molecule has 4 rings (SSSR count). The average Bonchev–Trinajstić information content (AvgIpc) is 2.96. The van der Waals surface area contributed by atoms with E-state index in [1.54, 1.807) is 24.4 Å². The second kappa shape index (κ2) is 13.1. The normalized spacial score (nSPS) is 14.4. The summed E-state index contributed by atoms with van der Waals surface area (Å²) in [4.78, 5) is 36.3. The van der Waals surface area contributed by atoms with E-state index in [0.717, 1.165) is 30.1 Å². The van der Waals surface area contributed by atoms with E-state index in [0.29, 0.717) is 36.8 Å². The summed E-state index contributed by atoms with van der Waals surface area (Å²) in [5.41, 5.74) is 0.607. The molecule has 1 aromatic carbocycles. The number of aromatic nitrogens is 2. The third-order valence-electron chi connectivity index (χ3n) is 7.42. The van der Waals surface area contributed by atoms with Gasteiger partial charge in [-0.15, -0.1) is 0 Å². The van der Waals surface area contributed by atoms with Crippen LogP contribution in [0.1, 0.15) is 49.7 Å². The van der Waals surface area contributed by atoms with Crippen molar-refractivity contribution in [2.75, 3.05) is 55.3 Å². The number of halogens is 1. The predicted octanol–water partition coefficient (Wildman–Crippen LogP) is 2.87. The number of anilines is 2. The van der Waals surface area contributed by atoms with Gasteiger partial charge in [-0.3, -0.25) is 23.2 Å². The van der Waals surface area contributed by atoms with Crippen molar-refractivity contribution in [3.63, 3.8) is 0 Å². The van der Waals surface area contributed by atoms with Gasteiger partial charge in [-0.2, -0.15) is 0 Å². The number of carbonyl (C=O) groups excluding carboxylic acids is 1. The van der Waals surface area contributed by atoms with Gasteiger partial charge in [0, 0.05) is 52.0 Å². The van der Waals surface area contributed by atoms with Crippen molar-refractivity contribution >= 4 is 33.0 Å². The van der Waals surface area contributed by atoms with Crippen LogP contribution in [0, 0.1) is 5.82 Å². The molecule has 0 atom stereocenters. The molecule has 0 radical (unpaired) electrons. The second-order valence-electron chi connectivity index (χ2n) is 10.7. The van der Waals surface area contributed by atoms with Crippen molar-refractivity contribution in [2.45, 2.75) is 46.2 Å². The van der Waals surface area contributed by atoms with Gasteiger partial charge in [-0.1, -0.05) is 25.5 Å². The number of unbranched alkanes of at least 4 members (excludes halogenated alkanes) is 1. The second-order valence-corrected chi connectivity index (χ2v) is 12.7. The Balaban J connectivity index is 1.83. The standard InChI is InChI=1S/C29H39FN6O5S/c1-6-7-16-41-26-25(28(37)31-18-21-8-10-22(30)11-9-21)32-27-24(33(4)42(5,39)40)17-23(19-36(27)29(26)38)35-14-12-34(13-15-35)20(2)3/h8-11,17,19-20H,6-7,12-16,18H2,1-5H3,(H,31,37). The molecule has 0 saturated carbocycles. The van der Waals surface area contributed by atoms with E-state index in [1.807, 2.05) is 6.92 Å². The smallest absolute Gasteiger partial charge is 0.301 e. The highest BCUT2D eigenvalue weighted by Gasteiger charge is 2.27.